The van der Waals surface area contributed by atoms with Gasteiger partial charge in [0.2, 0.25) is 5.91 Å². The van der Waals surface area contributed by atoms with Crippen molar-refractivity contribution >= 4 is 5.91 Å². The number of ether oxygens (including phenoxy) is 9. The van der Waals surface area contributed by atoms with Crippen LogP contribution in [0.1, 0.15) is 13.8 Å². The number of rotatable bonds is 13. The molecule has 5 aliphatic rings. The summed E-state index contributed by atoms with van der Waals surface area (Å²) in [5.74, 6) is -0.833. The molecule has 0 radical (unpaired) electrons. The molecule has 26 heteroatoms. The van der Waals surface area contributed by atoms with E-state index < -0.39 is 186 Å². The second-order valence-electron chi connectivity index (χ2n) is 14.7. The Balaban J connectivity index is 1.50. The zero-order valence-electron chi connectivity index (χ0n) is 31.1. The molecule has 0 aromatic rings. The van der Waals surface area contributed by atoms with E-state index in [2.05, 4.69) is 5.32 Å². The van der Waals surface area contributed by atoms with Crippen molar-refractivity contribution < 1.29 is 124 Å². The Bertz CT molecular complexity index is 1310. The van der Waals surface area contributed by atoms with E-state index >= 15 is 0 Å². The van der Waals surface area contributed by atoms with Gasteiger partial charge in [0.05, 0.1) is 32.5 Å². The first-order valence-electron chi connectivity index (χ1n) is 18.5. The molecule has 0 bridgehead atoms. The fraction of sp³-hybridized carbons (Fsp3) is 0.969. The number of aliphatic hydroxyl groups is 15. The minimum atomic E-state index is -2.14. The monoisotopic (exact) mass is 853 g/mol. The van der Waals surface area contributed by atoms with Gasteiger partial charge in [-0.05, 0) is 6.92 Å². The van der Waals surface area contributed by atoms with Gasteiger partial charge in [0.15, 0.2) is 31.5 Å². The SMILES string of the molecule is CC(=O)N[C@H]1[C@H](O[C@H]2[C@@H](O)[C@@H](CO)O[C@@H](O[C@@H]3[C@@H](O)[C@H](O)O[C@H](CO)[C@H]3O)[C@@H]2O)O[C@H](CO)[C@@H](O[C@@H]2O[C@H](CO)[C@H](O)[C@H](O)[C@H]2O)[C@@H]1O[C@@H]1O[C@@H](C)[C@@H](O)[C@@H](O)[C@@H]1O. The lowest BCUT2D eigenvalue weighted by molar-refractivity contribution is -0.391. The standard InChI is InChI=1S/C32H55NO25/c1-7-14(39)18(43)20(45)30(50-7)56-25-13(33-8(2)38)29(54-12(6-37)24(25)55-31-21(46)19(44)15(40)9(3-34)52-31)57-27-17(42)11(5-36)53-32(23(27)48)58-26-16(41)10(4-35)51-28(49)22(26)47/h7,9-32,34-37,39-49H,3-6H2,1-2H3,(H,33,38)/t7-,9+,10+,11+,12+,13+,14+,15-,16+,17-,18+,19-,20-,21+,22+,23+,24+,25+,26-,27-,28+,29-,30-,31-,32-/m0/s1. The van der Waals surface area contributed by atoms with Crippen LogP contribution in [0.5, 0.6) is 0 Å². The quantitative estimate of drug-likeness (QED) is 0.0818. The Morgan fingerprint density at radius 3 is 1.41 bits per heavy atom. The Morgan fingerprint density at radius 1 is 0.448 bits per heavy atom. The van der Waals surface area contributed by atoms with Gasteiger partial charge in [0.1, 0.15) is 116 Å². The van der Waals surface area contributed by atoms with Gasteiger partial charge >= 0.3 is 0 Å². The van der Waals surface area contributed by atoms with Gasteiger partial charge < -0.3 is 125 Å². The molecule has 0 aromatic heterocycles. The lowest BCUT2D eigenvalue weighted by Crippen LogP contribution is -2.71. The average molecular weight is 854 g/mol. The van der Waals surface area contributed by atoms with Crippen LogP contribution >= 0.6 is 0 Å². The summed E-state index contributed by atoms with van der Waals surface area (Å²) in [6.07, 6.45) is -43.7. The molecule has 0 aliphatic carbocycles. The van der Waals surface area contributed by atoms with Crippen LogP contribution in [0.4, 0.5) is 0 Å². The molecule has 1 amide bonds. The highest BCUT2D eigenvalue weighted by molar-refractivity contribution is 5.73. The van der Waals surface area contributed by atoms with Crippen LogP contribution < -0.4 is 5.32 Å². The molecular formula is C32H55NO25. The van der Waals surface area contributed by atoms with Crippen molar-refractivity contribution in [2.45, 2.75) is 167 Å². The highest BCUT2D eigenvalue weighted by Gasteiger charge is 2.57. The zero-order valence-corrected chi connectivity index (χ0v) is 31.1. The molecule has 5 aliphatic heterocycles. The largest absolute Gasteiger partial charge is 0.394 e. The van der Waals surface area contributed by atoms with Crippen LogP contribution in [0.25, 0.3) is 0 Å². The van der Waals surface area contributed by atoms with E-state index in [9.17, 15) is 81.4 Å². The minimum absolute atomic E-state index is 0.833. The summed E-state index contributed by atoms with van der Waals surface area (Å²) in [6, 6.07) is -1.74. The number of carbonyl (C=O) groups excluding carboxylic acids is 1. The normalized spacial score (nSPS) is 51.6. The third kappa shape index (κ3) is 9.75. The number of aliphatic hydroxyl groups excluding tert-OH is 15. The van der Waals surface area contributed by atoms with E-state index in [0.29, 0.717) is 0 Å². The molecule has 25 atom stereocenters. The van der Waals surface area contributed by atoms with Crippen molar-refractivity contribution in [3.05, 3.63) is 0 Å². The fourth-order valence-corrected chi connectivity index (χ4v) is 7.36. The van der Waals surface area contributed by atoms with Crippen molar-refractivity contribution in [3.63, 3.8) is 0 Å². The van der Waals surface area contributed by atoms with E-state index in [1.54, 1.807) is 0 Å². The summed E-state index contributed by atoms with van der Waals surface area (Å²) in [7, 11) is 0. The van der Waals surface area contributed by atoms with Crippen molar-refractivity contribution in [1.82, 2.24) is 5.32 Å². The van der Waals surface area contributed by atoms with Crippen molar-refractivity contribution in [2.24, 2.45) is 0 Å². The summed E-state index contributed by atoms with van der Waals surface area (Å²) in [5.41, 5.74) is 0. The molecule has 5 saturated heterocycles. The van der Waals surface area contributed by atoms with Crippen LogP contribution in [0.15, 0.2) is 0 Å². The summed E-state index contributed by atoms with van der Waals surface area (Å²) in [4.78, 5) is 12.8. The number of hydrogen-bond donors (Lipinski definition) is 16. The first-order chi connectivity index (χ1) is 27.4. The molecule has 0 aromatic carbocycles. The third-order valence-corrected chi connectivity index (χ3v) is 10.7. The van der Waals surface area contributed by atoms with Gasteiger partial charge in [-0.25, -0.2) is 0 Å². The van der Waals surface area contributed by atoms with Crippen molar-refractivity contribution in [1.29, 1.82) is 0 Å². The first-order valence-corrected chi connectivity index (χ1v) is 18.5. The first kappa shape index (κ1) is 47.6. The van der Waals surface area contributed by atoms with Crippen molar-refractivity contribution in [2.75, 3.05) is 26.4 Å². The number of carbonyl (C=O) groups is 1. The smallest absolute Gasteiger partial charge is 0.217 e. The molecule has 338 valence electrons. The predicted molar refractivity (Wildman–Crippen MR) is 177 cm³/mol. The maximum Gasteiger partial charge on any atom is 0.217 e. The second-order valence-corrected chi connectivity index (χ2v) is 14.7. The Kier molecular flexibility index (Phi) is 16.5. The van der Waals surface area contributed by atoms with Crippen LogP contribution in [0.2, 0.25) is 0 Å². The highest BCUT2D eigenvalue weighted by atomic mass is 16.8. The van der Waals surface area contributed by atoms with Crippen LogP contribution in [-0.2, 0) is 47.4 Å². The van der Waals surface area contributed by atoms with Gasteiger partial charge in [0, 0.05) is 6.92 Å². The predicted octanol–water partition coefficient (Wildman–Crippen LogP) is -10.8. The molecule has 26 nitrogen and oxygen atoms in total. The molecule has 0 unspecified atom stereocenters. The Morgan fingerprint density at radius 2 is 0.862 bits per heavy atom. The number of hydrogen-bond acceptors (Lipinski definition) is 25. The van der Waals surface area contributed by atoms with Gasteiger partial charge in [0.25, 0.3) is 0 Å². The average Bonchev–Trinajstić information content (AvgIpc) is 3.19. The maximum atomic E-state index is 12.8. The van der Waals surface area contributed by atoms with Gasteiger partial charge in [-0.15, -0.1) is 0 Å². The fourth-order valence-electron chi connectivity index (χ4n) is 7.36. The molecule has 58 heavy (non-hydrogen) atoms. The molecular weight excluding hydrogens is 798 g/mol. The maximum absolute atomic E-state index is 12.8. The summed E-state index contributed by atoms with van der Waals surface area (Å²) in [5, 5.41) is 160. The minimum Gasteiger partial charge on any atom is -0.394 e. The van der Waals surface area contributed by atoms with Crippen LogP contribution in [0, 0.1) is 0 Å². The topological polar surface area (TPSA) is 416 Å². The molecule has 0 saturated carbocycles. The summed E-state index contributed by atoms with van der Waals surface area (Å²) in [6.45, 7) is -1.34. The number of nitrogens with one attached hydrogen (secondary N) is 1. The Labute approximate surface area is 329 Å². The van der Waals surface area contributed by atoms with E-state index in [-0.39, 0.29) is 0 Å². The lowest BCUT2D eigenvalue weighted by atomic mass is 9.93. The lowest BCUT2D eigenvalue weighted by Gasteiger charge is -2.51. The molecule has 5 heterocycles. The van der Waals surface area contributed by atoms with E-state index in [0.717, 1.165) is 6.92 Å². The van der Waals surface area contributed by atoms with Crippen LogP contribution in [-0.4, -0.2) is 262 Å². The second kappa shape index (κ2) is 20.1. The number of amides is 1. The van der Waals surface area contributed by atoms with Gasteiger partial charge in [-0.1, -0.05) is 0 Å². The van der Waals surface area contributed by atoms with Gasteiger partial charge in [-0.2, -0.15) is 0 Å². The zero-order chi connectivity index (χ0) is 42.9. The van der Waals surface area contributed by atoms with E-state index in [1.807, 2.05) is 0 Å². The van der Waals surface area contributed by atoms with Crippen LogP contribution in [0.3, 0.4) is 0 Å². The molecule has 0 spiro atoms. The van der Waals surface area contributed by atoms with Crippen molar-refractivity contribution in [3.8, 4) is 0 Å². The summed E-state index contributed by atoms with van der Waals surface area (Å²) < 4.78 is 51.1. The molecule has 5 fully saturated rings. The Hall–Kier alpha value is -1.49. The molecule has 16 N–H and O–H groups in total. The van der Waals surface area contributed by atoms with Gasteiger partial charge in [-0.3, -0.25) is 4.79 Å². The summed E-state index contributed by atoms with van der Waals surface area (Å²) >= 11 is 0. The highest BCUT2D eigenvalue weighted by Crippen LogP contribution is 2.36. The third-order valence-electron chi connectivity index (χ3n) is 10.7. The van der Waals surface area contributed by atoms with E-state index in [1.165, 1.54) is 6.92 Å². The van der Waals surface area contributed by atoms with E-state index in [4.69, 9.17) is 42.6 Å². The molecule has 5 rings (SSSR count).